The number of aromatic nitrogens is 4. The second-order valence-electron chi connectivity index (χ2n) is 19.2. The first-order valence-corrected chi connectivity index (χ1v) is 24.0. The molecule has 0 spiro atoms. The number of halogens is 1. The van der Waals surface area contributed by atoms with Gasteiger partial charge < -0.3 is 38.1 Å². The molecular weight excluding hydrogens is 866 g/mol. The van der Waals surface area contributed by atoms with E-state index in [9.17, 15) is 9.59 Å². The van der Waals surface area contributed by atoms with Crippen LogP contribution < -0.4 is 14.4 Å². The van der Waals surface area contributed by atoms with Gasteiger partial charge in [-0.2, -0.15) is 9.97 Å². The van der Waals surface area contributed by atoms with Crippen molar-refractivity contribution >= 4 is 39.7 Å². The molecule has 0 radical (unpaired) electrons. The highest BCUT2D eigenvalue weighted by atomic mass is 19.1. The lowest BCUT2D eigenvalue weighted by molar-refractivity contribution is 0.0122. The number of carbonyl (C=O) groups excluding carboxylic acids is 2. The van der Waals surface area contributed by atoms with E-state index in [4.69, 9.17) is 38.6 Å². The van der Waals surface area contributed by atoms with Crippen molar-refractivity contribution in [3.8, 4) is 23.0 Å². The van der Waals surface area contributed by atoms with Crippen LogP contribution >= 0.6 is 0 Å². The van der Waals surface area contributed by atoms with E-state index >= 15 is 4.39 Å². The van der Waals surface area contributed by atoms with Crippen LogP contribution in [-0.2, 0) is 40.4 Å². The summed E-state index contributed by atoms with van der Waals surface area (Å²) in [6.45, 7) is 11.3. The zero-order valence-electron chi connectivity index (χ0n) is 39.8. The van der Waals surface area contributed by atoms with E-state index in [0.29, 0.717) is 54.6 Å². The maximum atomic E-state index is 17.6. The van der Waals surface area contributed by atoms with Crippen molar-refractivity contribution < 1.29 is 37.7 Å². The molecule has 3 aromatic carbocycles. The number of aryl methyl sites for hydroxylation is 2. The minimum absolute atomic E-state index is 0.0326. The predicted octanol–water partition coefficient (Wildman–Crippen LogP) is 10.3. The van der Waals surface area contributed by atoms with Gasteiger partial charge >= 0.3 is 18.2 Å². The molecule has 68 heavy (non-hydrogen) atoms. The average molecular weight is 928 g/mol. The minimum atomic E-state index is -0.623. The molecule has 3 aromatic heterocycles. The topological polar surface area (TPSA) is 134 Å². The fourth-order valence-corrected chi connectivity index (χ4v) is 10.1. The number of methoxy groups -OCH3 is 1. The first kappa shape index (κ1) is 46.6. The molecule has 2 bridgehead atoms. The molecule has 358 valence electrons. The summed E-state index contributed by atoms with van der Waals surface area (Å²) in [7, 11) is 1.56. The lowest BCUT2D eigenvalue weighted by atomic mass is 9.92. The van der Waals surface area contributed by atoms with Gasteiger partial charge in [-0.15, -0.1) is 0 Å². The third-order valence-electron chi connectivity index (χ3n) is 13.4. The van der Waals surface area contributed by atoms with Crippen LogP contribution in [0, 0.1) is 11.7 Å². The van der Waals surface area contributed by atoms with Gasteiger partial charge in [-0.25, -0.2) is 14.0 Å². The van der Waals surface area contributed by atoms with E-state index in [1.54, 1.807) is 13.3 Å². The number of piperazine rings is 1. The Kier molecular flexibility index (Phi) is 14.0. The molecule has 0 aliphatic carbocycles. The third-order valence-corrected chi connectivity index (χ3v) is 13.4. The summed E-state index contributed by atoms with van der Waals surface area (Å²) in [6.07, 6.45) is 9.39. The first-order valence-electron chi connectivity index (χ1n) is 24.0. The molecule has 9 rings (SSSR count). The van der Waals surface area contributed by atoms with E-state index < -0.39 is 11.4 Å². The summed E-state index contributed by atoms with van der Waals surface area (Å²) in [5, 5.41) is 2.23. The lowest BCUT2D eigenvalue weighted by Gasteiger charge is -2.42. The number of benzene rings is 3. The SMILES string of the molecule is CCc1cccc2cc(OCOC)cc(-c3ncc4c(N5C[C@@H]6CC[C@@H](C5)N6C(=O)OC(C)(C)C)nc(OCc5cccn5CCCC5CCN(C(=O)OCc6ccccc6)CC5)nc4c3F)c12. The molecule has 15 heteroatoms. The summed E-state index contributed by atoms with van der Waals surface area (Å²) in [6, 6.07) is 23.4. The Balaban J connectivity index is 0.947. The van der Waals surface area contributed by atoms with Crippen LogP contribution in [0.4, 0.5) is 19.8 Å². The summed E-state index contributed by atoms with van der Waals surface area (Å²) in [5.74, 6) is 0.960. The monoisotopic (exact) mass is 927 g/mol. The highest BCUT2D eigenvalue weighted by Crippen LogP contribution is 2.41. The van der Waals surface area contributed by atoms with E-state index in [2.05, 4.69) is 16.4 Å². The number of likely N-dealkylation sites (tertiary alicyclic amines) is 1. The normalized spacial score (nSPS) is 17.5. The second-order valence-corrected chi connectivity index (χ2v) is 19.2. The third kappa shape index (κ3) is 10.3. The standard InChI is InChI=1S/C53H62FN7O7/c1-6-37-16-10-17-38-27-42(67-34-64-5)28-43(45(37)38)47-46(54)48-44(29-55-47)49(60-30-39-19-20-40(31-60)61(39)52(63)68-53(2,3)4)57-50(56-48)65-33-41-18-12-24-58(41)23-11-15-35-21-25-59(26-22-35)51(62)66-32-36-13-8-7-9-14-36/h7-10,12-14,16-18,24,27-29,35,39-40H,6,11,15,19-23,25-26,30-34H2,1-5H3/t39-,40-/m0/s1. The van der Waals surface area contributed by atoms with Crippen LogP contribution in [0.1, 0.15) is 83.0 Å². The molecule has 3 saturated heterocycles. The number of pyridine rings is 1. The lowest BCUT2D eigenvalue weighted by Crippen LogP contribution is -2.57. The molecule has 6 aromatic rings. The highest BCUT2D eigenvalue weighted by Gasteiger charge is 2.45. The average Bonchev–Trinajstić information content (AvgIpc) is 3.91. The molecule has 3 fully saturated rings. The number of piperidine rings is 1. The Bertz CT molecular complexity index is 2720. The number of fused-ring (bicyclic) bond motifs is 4. The van der Waals surface area contributed by atoms with Gasteiger partial charge in [-0.1, -0.05) is 55.5 Å². The molecule has 3 aliphatic heterocycles. The van der Waals surface area contributed by atoms with Gasteiger partial charge in [0, 0.05) is 57.8 Å². The molecule has 0 saturated carbocycles. The maximum Gasteiger partial charge on any atom is 0.410 e. The van der Waals surface area contributed by atoms with Crippen LogP contribution in [0.15, 0.2) is 85.2 Å². The van der Waals surface area contributed by atoms with E-state index in [1.807, 2.05) is 110 Å². The molecule has 0 unspecified atom stereocenters. The Labute approximate surface area is 397 Å². The molecule has 0 N–H and O–H groups in total. The van der Waals surface area contributed by atoms with E-state index in [0.717, 1.165) is 79.1 Å². The van der Waals surface area contributed by atoms with Gasteiger partial charge in [0.2, 0.25) is 0 Å². The smallest absolute Gasteiger partial charge is 0.410 e. The number of carbonyl (C=O) groups is 2. The van der Waals surface area contributed by atoms with Gasteiger partial charge in [0.05, 0.1) is 23.2 Å². The fraction of sp³-hybridized carbons (Fsp3) is 0.453. The molecule has 6 heterocycles. The Morgan fingerprint density at radius 2 is 1.65 bits per heavy atom. The number of rotatable bonds is 15. The van der Waals surface area contributed by atoms with E-state index in [-0.39, 0.29) is 61.5 Å². The predicted molar refractivity (Wildman–Crippen MR) is 258 cm³/mol. The van der Waals surface area contributed by atoms with Gasteiger partial charge in [0.25, 0.3) is 0 Å². The molecular formula is C53H62FN7O7. The highest BCUT2D eigenvalue weighted by molar-refractivity contribution is 6.01. The maximum absolute atomic E-state index is 17.6. The number of amides is 2. The van der Waals surface area contributed by atoms with Crippen LogP contribution in [0.3, 0.4) is 0 Å². The number of hydrogen-bond donors (Lipinski definition) is 0. The fourth-order valence-electron chi connectivity index (χ4n) is 10.1. The van der Waals surface area contributed by atoms with Crippen LogP contribution in [-0.4, -0.2) is 99.3 Å². The number of ether oxygens (including phenoxy) is 5. The Morgan fingerprint density at radius 3 is 2.38 bits per heavy atom. The molecule has 3 aliphatic rings. The summed E-state index contributed by atoms with van der Waals surface area (Å²) in [4.78, 5) is 46.6. The van der Waals surface area contributed by atoms with Crippen molar-refractivity contribution in [2.24, 2.45) is 5.92 Å². The van der Waals surface area contributed by atoms with Crippen LogP contribution in [0.25, 0.3) is 32.9 Å². The van der Waals surface area contributed by atoms with Crippen molar-refractivity contribution in [2.45, 2.75) is 110 Å². The Hall–Kier alpha value is -6.48. The number of nitrogens with zero attached hydrogens (tertiary/aromatic N) is 7. The summed E-state index contributed by atoms with van der Waals surface area (Å²) in [5.41, 5.74) is 3.16. The van der Waals surface area contributed by atoms with Gasteiger partial charge in [0.15, 0.2) is 12.6 Å². The molecule has 14 nitrogen and oxygen atoms in total. The van der Waals surface area contributed by atoms with Crippen molar-refractivity contribution in [2.75, 3.05) is 45.0 Å². The van der Waals surface area contributed by atoms with Crippen molar-refractivity contribution in [1.82, 2.24) is 29.3 Å². The largest absolute Gasteiger partial charge is 0.468 e. The zero-order chi connectivity index (χ0) is 47.4. The number of hydrogen-bond acceptors (Lipinski definition) is 11. The Morgan fingerprint density at radius 1 is 0.868 bits per heavy atom. The van der Waals surface area contributed by atoms with Gasteiger partial charge in [-0.3, -0.25) is 9.88 Å². The van der Waals surface area contributed by atoms with E-state index in [1.165, 1.54) is 0 Å². The summed E-state index contributed by atoms with van der Waals surface area (Å²) >= 11 is 0. The van der Waals surface area contributed by atoms with Crippen molar-refractivity contribution in [3.05, 3.63) is 108 Å². The summed E-state index contributed by atoms with van der Waals surface area (Å²) < 4.78 is 48.7. The van der Waals surface area contributed by atoms with Crippen molar-refractivity contribution in [3.63, 3.8) is 0 Å². The second kappa shape index (κ2) is 20.4. The minimum Gasteiger partial charge on any atom is -0.468 e. The van der Waals surface area contributed by atoms with Crippen LogP contribution in [0.2, 0.25) is 0 Å². The van der Waals surface area contributed by atoms with Gasteiger partial charge in [0.1, 0.15) is 41.6 Å². The van der Waals surface area contributed by atoms with Crippen molar-refractivity contribution in [1.29, 1.82) is 0 Å². The van der Waals surface area contributed by atoms with Crippen LogP contribution in [0.5, 0.6) is 11.8 Å². The molecule has 2 amide bonds. The first-order chi connectivity index (χ1) is 33.0. The zero-order valence-corrected chi connectivity index (χ0v) is 39.8. The quantitative estimate of drug-likeness (QED) is 0.0911. The molecule has 2 atom stereocenters. The van der Waals surface area contributed by atoms with Gasteiger partial charge in [-0.05, 0) is 118 Å². The number of anilines is 1.